The lowest BCUT2D eigenvalue weighted by molar-refractivity contribution is -0.145. The van der Waals surface area contributed by atoms with Crippen molar-refractivity contribution in [2.75, 3.05) is 13.2 Å². The Kier molecular flexibility index (Phi) is 5.43. The first-order valence-electron chi connectivity index (χ1n) is 10.5. The summed E-state index contributed by atoms with van der Waals surface area (Å²) < 4.78 is 6.99. The number of nitrogens with zero attached hydrogens (tertiary/aromatic N) is 3. The molecule has 1 aromatic heterocycles. The molecule has 0 unspecified atom stereocenters. The van der Waals surface area contributed by atoms with E-state index < -0.39 is 0 Å². The Balaban J connectivity index is 1.45. The molecule has 154 valence electrons. The molecular formula is C23H29N3O3. The second-order valence-corrected chi connectivity index (χ2v) is 8.33. The van der Waals surface area contributed by atoms with E-state index in [2.05, 4.69) is 17.2 Å². The molecule has 0 radical (unpaired) electrons. The van der Waals surface area contributed by atoms with Crippen LogP contribution in [0.4, 0.5) is 0 Å². The number of esters is 1. The van der Waals surface area contributed by atoms with Gasteiger partial charge in [0.25, 0.3) is 0 Å². The Hall–Kier alpha value is -2.63. The summed E-state index contributed by atoms with van der Waals surface area (Å²) in [4.78, 5) is 27.3. The van der Waals surface area contributed by atoms with Crippen molar-refractivity contribution >= 4 is 11.9 Å². The van der Waals surface area contributed by atoms with Gasteiger partial charge in [0.1, 0.15) is 0 Å². The Bertz CT molecular complexity index is 873. The topological polar surface area (TPSA) is 64.4 Å². The first-order chi connectivity index (χ1) is 14.0. The fraction of sp³-hybridized carbons (Fsp3) is 0.522. The van der Waals surface area contributed by atoms with Crippen LogP contribution in [0.3, 0.4) is 0 Å². The summed E-state index contributed by atoms with van der Waals surface area (Å²) in [5, 5.41) is 4.53. The van der Waals surface area contributed by atoms with Gasteiger partial charge in [-0.3, -0.25) is 14.3 Å². The Morgan fingerprint density at radius 3 is 2.62 bits per heavy atom. The van der Waals surface area contributed by atoms with Crippen LogP contribution in [-0.4, -0.2) is 39.7 Å². The predicted molar refractivity (Wildman–Crippen MR) is 109 cm³/mol. The molecular weight excluding hydrogens is 366 g/mol. The molecule has 4 atom stereocenters. The van der Waals surface area contributed by atoms with Crippen molar-refractivity contribution in [2.45, 2.75) is 39.2 Å². The van der Waals surface area contributed by atoms with Gasteiger partial charge in [0.2, 0.25) is 5.91 Å². The van der Waals surface area contributed by atoms with Crippen LogP contribution in [0, 0.1) is 24.7 Å². The van der Waals surface area contributed by atoms with Crippen LogP contribution in [0.15, 0.2) is 36.4 Å². The molecule has 0 spiro atoms. The molecule has 2 aliphatic carbocycles. The molecule has 2 fully saturated rings. The molecule has 1 heterocycles. The lowest BCUT2D eigenvalue weighted by atomic mass is 10.1. The number of carbonyl (C=O) groups is 2. The van der Waals surface area contributed by atoms with Gasteiger partial charge in [0.05, 0.1) is 24.8 Å². The van der Waals surface area contributed by atoms with E-state index in [-0.39, 0.29) is 29.6 Å². The minimum Gasteiger partial charge on any atom is -0.466 e. The zero-order valence-electron chi connectivity index (χ0n) is 17.4. The zero-order chi connectivity index (χ0) is 20.5. The molecule has 29 heavy (non-hydrogen) atoms. The van der Waals surface area contributed by atoms with Gasteiger partial charge >= 0.3 is 5.97 Å². The maximum absolute atomic E-state index is 13.3. The summed E-state index contributed by atoms with van der Waals surface area (Å²) in [6.45, 7) is 5.32. The van der Waals surface area contributed by atoms with E-state index in [1.165, 1.54) is 5.56 Å². The number of aromatic nitrogens is 2. The summed E-state index contributed by atoms with van der Waals surface area (Å²) in [5.74, 6) is 0.499. The Morgan fingerprint density at radius 1 is 1.21 bits per heavy atom. The van der Waals surface area contributed by atoms with Gasteiger partial charge in [-0.25, -0.2) is 0 Å². The predicted octanol–water partition coefficient (Wildman–Crippen LogP) is 3.06. The summed E-state index contributed by atoms with van der Waals surface area (Å²) in [7, 11) is 1.91. The molecule has 0 aliphatic heterocycles. The normalized spacial score (nSPS) is 24.8. The van der Waals surface area contributed by atoms with Crippen molar-refractivity contribution in [3.05, 3.63) is 53.3 Å². The third kappa shape index (κ3) is 4.36. The maximum atomic E-state index is 13.3. The highest BCUT2D eigenvalue weighted by atomic mass is 16.5. The van der Waals surface area contributed by atoms with Crippen LogP contribution in [0.2, 0.25) is 0 Å². The van der Waals surface area contributed by atoms with E-state index in [1.807, 2.05) is 54.7 Å². The van der Waals surface area contributed by atoms with Crippen LogP contribution >= 0.6 is 0 Å². The van der Waals surface area contributed by atoms with Gasteiger partial charge in [-0.15, -0.1) is 0 Å². The first kappa shape index (κ1) is 19.7. The Labute approximate surface area is 171 Å². The van der Waals surface area contributed by atoms with Crippen molar-refractivity contribution in [3.63, 3.8) is 0 Å². The Morgan fingerprint density at radius 2 is 1.97 bits per heavy atom. The fourth-order valence-corrected chi connectivity index (χ4v) is 4.18. The molecule has 2 aliphatic rings. The number of hydrogen-bond acceptors (Lipinski definition) is 4. The summed E-state index contributed by atoms with van der Waals surface area (Å²) >= 11 is 0. The quantitative estimate of drug-likeness (QED) is 0.645. The number of carbonyl (C=O) groups excluding carboxylic acids is 2. The molecule has 4 rings (SSSR count). The zero-order valence-corrected chi connectivity index (χ0v) is 17.4. The fourth-order valence-electron chi connectivity index (χ4n) is 4.18. The molecule has 1 aromatic carbocycles. The van der Waals surface area contributed by atoms with Crippen molar-refractivity contribution in [2.24, 2.45) is 24.8 Å². The van der Waals surface area contributed by atoms with Gasteiger partial charge in [0.15, 0.2) is 0 Å². The van der Waals surface area contributed by atoms with Gasteiger partial charge in [-0.2, -0.15) is 5.10 Å². The van der Waals surface area contributed by atoms with Crippen LogP contribution < -0.4 is 0 Å². The third-order valence-electron chi connectivity index (χ3n) is 6.13. The number of hydrogen-bond donors (Lipinski definition) is 0. The van der Waals surface area contributed by atoms with Gasteiger partial charge in [-0.05, 0) is 50.2 Å². The van der Waals surface area contributed by atoms with Gasteiger partial charge < -0.3 is 9.64 Å². The second kappa shape index (κ2) is 8.01. The molecule has 6 heteroatoms. The number of benzene rings is 1. The van der Waals surface area contributed by atoms with Gasteiger partial charge in [0, 0.05) is 25.2 Å². The monoisotopic (exact) mass is 395 g/mol. The van der Waals surface area contributed by atoms with Crippen molar-refractivity contribution in [1.82, 2.24) is 14.7 Å². The molecule has 2 aromatic rings. The van der Waals surface area contributed by atoms with E-state index in [0.717, 1.165) is 24.2 Å². The summed E-state index contributed by atoms with van der Waals surface area (Å²) in [5.41, 5.74) is 3.19. The molecule has 6 nitrogen and oxygen atoms in total. The highest BCUT2D eigenvalue weighted by Gasteiger charge is 2.49. The van der Waals surface area contributed by atoms with Crippen molar-refractivity contribution < 1.29 is 14.3 Å². The largest absolute Gasteiger partial charge is 0.466 e. The van der Waals surface area contributed by atoms with Crippen LogP contribution in [-0.2, 0) is 27.9 Å². The molecule has 0 bridgehead atoms. The van der Waals surface area contributed by atoms with Crippen LogP contribution in [0.25, 0.3) is 0 Å². The molecule has 0 N–H and O–H groups in total. The minimum atomic E-state index is -0.132. The lowest BCUT2D eigenvalue weighted by Gasteiger charge is -2.22. The molecule has 2 saturated carbocycles. The van der Waals surface area contributed by atoms with E-state index in [1.54, 1.807) is 0 Å². The van der Waals surface area contributed by atoms with Crippen LogP contribution in [0.5, 0.6) is 0 Å². The van der Waals surface area contributed by atoms with E-state index in [4.69, 9.17) is 4.74 Å². The lowest BCUT2D eigenvalue weighted by Crippen LogP contribution is -2.34. The first-order valence-corrected chi connectivity index (χ1v) is 10.5. The van der Waals surface area contributed by atoms with Crippen LogP contribution in [0.1, 0.15) is 42.6 Å². The SMILES string of the molecule is CCOC(=O)[C@@H]1C[C@H]1CN(Cc1cc(C)n(C)n1)C(=O)[C@@H]1C[C@H]1c1ccccc1. The molecule has 1 amide bonds. The minimum absolute atomic E-state index is 0.0296. The van der Waals surface area contributed by atoms with Gasteiger partial charge in [-0.1, -0.05) is 30.3 Å². The average molecular weight is 396 g/mol. The van der Waals surface area contributed by atoms with Crippen molar-refractivity contribution in [3.8, 4) is 0 Å². The third-order valence-corrected chi connectivity index (χ3v) is 6.13. The smallest absolute Gasteiger partial charge is 0.309 e. The number of aryl methyl sites for hydroxylation is 2. The number of rotatable bonds is 8. The second-order valence-electron chi connectivity index (χ2n) is 8.33. The maximum Gasteiger partial charge on any atom is 0.309 e. The number of amides is 1. The highest BCUT2D eigenvalue weighted by Crippen LogP contribution is 2.49. The van der Waals surface area contributed by atoms with E-state index >= 15 is 0 Å². The summed E-state index contributed by atoms with van der Waals surface area (Å²) in [6.07, 6.45) is 1.70. The standard InChI is InChI=1S/C23H29N3O3/c1-4-29-23(28)20-11-17(20)13-26(14-18-10-15(2)25(3)24-18)22(27)21-12-19(21)16-8-6-5-7-9-16/h5-10,17,19-21H,4,11-14H2,1-3H3/t17-,19-,20+,21+/m0/s1. The van der Waals surface area contributed by atoms with Crippen molar-refractivity contribution in [1.29, 1.82) is 0 Å². The van der Waals surface area contributed by atoms with E-state index in [0.29, 0.717) is 25.6 Å². The molecule has 0 saturated heterocycles. The highest BCUT2D eigenvalue weighted by molar-refractivity contribution is 5.83. The summed E-state index contributed by atoms with van der Waals surface area (Å²) in [6, 6.07) is 12.3. The number of ether oxygens (including phenoxy) is 1. The van der Waals surface area contributed by atoms with E-state index in [9.17, 15) is 9.59 Å². The average Bonchev–Trinajstić information content (AvgIpc) is 3.61.